The minimum atomic E-state index is -3.64. The molecule has 2 N–H and O–H groups in total. The topological polar surface area (TPSA) is 74.6 Å². The largest absolute Gasteiger partial charge is 0.396 e. The van der Waals surface area contributed by atoms with Gasteiger partial charge in [0.25, 0.3) is 0 Å². The van der Waals surface area contributed by atoms with Crippen molar-refractivity contribution in [1.82, 2.24) is 0 Å². The molecular weight excluding hydrogens is 380 g/mol. The Hall–Kier alpha value is -1.21. The lowest BCUT2D eigenvalue weighted by Gasteiger charge is -2.11. The SMILES string of the molecule is O=S(=O)(c1ccccc1)[C@@H]1[C@H](c2ccc(Br)cc2)C1(CO)CO. The van der Waals surface area contributed by atoms with Gasteiger partial charge in [0.1, 0.15) is 0 Å². The zero-order valence-corrected chi connectivity index (χ0v) is 14.7. The fourth-order valence-corrected chi connectivity index (χ4v) is 6.02. The molecule has 0 heterocycles. The molecule has 1 saturated carbocycles. The maximum atomic E-state index is 12.9. The molecule has 0 bridgehead atoms. The molecule has 6 heteroatoms. The molecule has 0 spiro atoms. The molecule has 2 aromatic carbocycles. The second-order valence-electron chi connectivity index (χ2n) is 5.86. The van der Waals surface area contributed by atoms with E-state index in [0.29, 0.717) is 0 Å². The molecule has 0 amide bonds. The Bertz CT molecular complexity index is 783. The van der Waals surface area contributed by atoms with Gasteiger partial charge in [0.15, 0.2) is 9.84 Å². The van der Waals surface area contributed by atoms with Crippen LogP contribution in [-0.4, -0.2) is 37.1 Å². The number of halogens is 1. The lowest BCUT2D eigenvalue weighted by atomic mass is 10.0. The van der Waals surface area contributed by atoms with E-state index in [2.05, 4.69) is 15.9 Å². The molecule has 122 valence electrons. The summed E-state index contributed by atoms with van der Waals surface area (Å²) in [5.74, 6) is -0.421. The number of sulfone groups is 1. The lowest BCUT2D eigenvalue weighted by molar-refractivity contribution is 0.130. The zero-order valence-electron chi connectivity index (χ0n) is 12.3. The maximum Gasteiger partial charge on any atom is 0.182 e. The summed E-state index contributed by atoms with van der Waals surface area (Å²) in [6, 6.07) is 15.5. The average Bonchev–Trinajstić information content (AvgIpc) is 3.27. The molecule has 23 heavy (non-hydrogen) atoms. The van der Waals surface area contributed by atoms with Gasteiger partial charge in [-0.2, -0.15) is 0 Å². The molecule has 2 aromatic rings. The fourth-order valence-electron chi connectivity index (χ4n) is 3.30. The molecule has 0 aliphatic heterocycles. The smallest absolute Gasteiger partial charge is 0.182 e. The van der Waals surface area contributed by atoms with Crippen molar-refractivity contribution in [2.24, 2.45) is 5.41 Å². The van der Waals surface area contributed by atoms with Crippen LogP contribution >= 0.6 is 15.9 Å². The zero-order chi connectivity index (χ0) is 16.7. The molecule has 0 saturated heterocycles. The van der Waals surface area contributed by atoms with E-state index in [1.54, 1.807) is 30.3 Å². The first kappa shape index (κ1) is 16.6. The third kappa shape index (κ3) is 2.63. The van der Waals surface area contributed by atoms with Crippen LogP contribution in [-0.2, 0) is 9.84 Å². The van der Waals surface area contributed by atoms with Gasteiger partial charge in [0, 0.05) is 15.8 Å². The van der Waals surface area contributed by atoms with Crippen molar-refractivity contribution >= 4 is 25.8 Å². The van der Waals surface area contributed by atoms with E-state index >= 15 is 0 Å². The summed E-state index contributed by atoms with van der Waals surface area (Å²) >= 11 is 3.35. The first-order chi connectivity index (χ1) is 11.0. The molecule has 3 rings (SSSR count). The summed E-state index contributed by atoms with van der Waals surface area (Å²) in [5, 5.41) is 18.8. The van der Waals surface area contributed by atoms with Crippen LogP contribution < -0.4 is 0 Å². The van der Waals surface area contributed by atoms with E-state index in [4.69, 9.17) is 0 Å². The van der Waals surface area contributed by atoms with Gasteiger partial charge in [0.2, 0.25) is 0 Å². The first-order valence-corrected chi connectivity index (χ1v) is 9.57. The molecule has 0 radical (unpaired) electrons. The van der Waals surface area contributed by atoms with Crippen LogP contribution in [0.25, 0.3) is 0 Å². The van der Waals surface area contributed by atoms with Crippen LogP contribution in [0.1, 0.15) is 11.5 Å². The van der Waals surface area contributed by atoms with Crippen molar-refractivity contribution in [3.05, 3.63) is 64.6 Å². The molecule has 4 nitrogen and oxygen atoms in total. The van der Waals surface area contributed by atoms with Gasteiger partial charge in [0.05, 0.1) is 23.4 Å². The van der Waals surface area contributed by atoms with E-state index in [-0.39, 0.29) is 18.1 Å². The standard InChI is InChI=1S/C17H17BrO4S/c18-13-8-6-12(7-9-13)15-16(17(15,10-19)11-20)23(21,22)14-4-2-1-3-5-14/h1-9,15-16,19-20H,10-11H2/t15-,16+/m0/s1. The summed E-state index contributed by atoms with van der Waals surface area (Å²) in [5.41, 5.74) is -0.233. The number of hydrogen-bond acceptors (Lipinski definition) is 4. The molecular formula is C17H17BrO4S. The fraction of sp³-hybridized carbons (Fsp3) is 0.294. The highest BCUT2D eigenvalue weighted by Gasteiger charge is 2.70. The Labute approximate surface area is 143 Å². The van der Waals surface area contributed by atoms with E-state index in [0.717, 1.165) is 10.0 Å². The predicted octanol–water partition coefficient (Wildman–Crippen LogP) is 2.36. The molecule has 0 aromatic heterocycles. The lowest BCUT2D eigenvalue weighted by Crippen LogP contribution is -2.22. The van der Waals surface area contributed by atoms with Crippen LogP contribution in [0.2, 0.25) is 0 Å². The normalized spacial score (nSPS) is 22.7. The third-order valence-electron chi connectivity index (χ3n) is 4.60. The summed E-state index contributed by atoms with van der Waals surface area (Å²) in [6.45, 7) is -0.748. The van der Waals surface area contributed by atoms with Crippen molar-refractivity contribution in [1.29, 1.82) is 0 Å². The van der Waals surface area contributed by atoms with Gasteiger partial charge in [-0.05, 0) is 29.8 Å². The Morgan fingerprint density at radius 1 is 0.957 bits per heavy atom. The van der Waals surface area contributed by atoms with Crippen molar-refractivity contribution < 1.29 is 18.6 Å². The number of aliphatic hydroxyl groups excluding tert-OH is 2. The van der Waals surface area contributed by atoms with Gasteiger partial charge < -0.3 is 10.2 Å². The van der Waals surface area contributed by atoms with Gasteiger partial charge in [-0.15, -0.1) is 0 Å². The van der Waals surface area contributed by atoms with E-state index in [1.165, 1.54) is 0 Å². The van der Waals surface area contributed by atoms with Crippen molar-refractivity contribution in [3.8, 4) is 0 Å². The maximum absolute atomic E-state index is 12.9. The minimum absolute atomic E-state index is 0.218. The molecule has 0 unspecified atom stereocenters. The third-order valence-corrected chi connectivity index (χ3v) is 7.47. The Morgan fingerprint density at radius 3 is 2.04 bits per heavy atom. The van der Waals surface area contributed by atoms with E-state index < -0.39 is 26.4 Å². The number of hydrogen-bond donors (Lipinski definition) is 2. The van der Waals surface area contributed by atoms with Gasteiger partial charge in [-0.3, -0.25) is 0 Å². The predicted molar refractivity (Wildman–Crippen MR) is 90.9 cm³/mol. The van der Waals surface area contributed by atoms with Crippen LogP contribution in [0.15, 0.2) is 64.0 Å². The second kappa shape index (κ2) is 6.02. The second-order valence-corrected chi connectivity index (χ2v) is 8.84. The average molecular weight is 397 g/mol. The highest BCUT2D eigenvalue weighted by molar-refractivity contribution is 9.10. The first-order valence-electron chi connectivity index (χ1n) is 7.23. The van der Waals surface area contributed by atoms with Crippen molar-refractivity contribution in [2.75, 3.05) is 13.2 Å². The van der Waals surface area contributed by atoms with Gasteiger partial charge in [-0.1, -0.05) is 46.3 Å². The Morgan fingerprint density at radius 2 is 1.52 bits per heavy atom. The van der Waals surface area contributed by atoms with Crippen LogP contribution in [0.4, 0.5) is 0 Å². The minimum Gasteiger partial charge on any atom is -0.396 e. The summed E-state index contributed by atoms with van der Waals surface area (Å²) in [6.07, 6.45) is 0. The van der Waals surface area contributed by atoms with Crippen molar-refractivity contribution in [3.63, 3.8) is 0 Å². The monoisotopic (exact) mass is 396 g/mol. The van der Waals surface area contributed by atoms with Crippen LogP contribution in [0.5, 0.6) is 0 Å². The number of rotatable bonds is 5. The van der Waals surface area contributed by atoms with Crippen LogP contribution in [0.3, 0.4) is 0 Å². The summed E-state index contributed by atoms with van der Waals surface area (Å²) in [7, 11) is -3.64. The Kier molecular flexibility index (Phi) is 4.35. The number of benzene rings is 2. The Balaban J connectivity index is 2.05. The van der Waals surface area contributed by atoms with Crippen molar-refractivity contribution in [2.45, 2.75) is 16.1 Å². The quantitative estimate of drug-likeness (QED) is 0.813. The van der Waals surface area contributed by atoms with Crippen LogP contribution in [0, 0.1) is 5.41 Å². The van der Waals surface area contributed by atoms with Gasteiger partial charge in [-0.25, -0.2) is 8.42 Å². The molecule has 1 fully saturated rings. The van der Waals surface area contributed by atoms with E-state index in [9.17, 15) is 18.6 Å². The summed E-state index contributed by atoms with van der Waals surface area (Å²) < 4.78 is 26.8. The summed E-state index contributed by atoms with van der Waals surface area (Å²) in [4.78, 5) is 0.218. The molecule has 1 aliphatic rings. The highest BCUT2D eigenvalue weighted by atomic mass is 79.9. The molecule has 1 aliphatic carbocycles. The highest BCUT2D eigenvalue weighted by Crippen LogP contribution is 2.63. The molecule has 2 atom stereocenters. The van der Waals surface area contributed by atoms with Gasteiger partial charge >= 0.3 is 0 Å². The van der Waals surface area contributed by atoms with E-state index in [1.807, 2.05) is 24.3 Å². The number of aliphatic hydroxyl groups is 2.